The van der Waals surface area contributed by atoms with Gasteiger partial charge in [0.05, 0.1) is 25.7 Å². The molecule has 20 heavy (non-hydrogen) atoms. The van der Waals surface area contributed by atoms with E-state index in [1.165, 1.54) is 0 Å². The fraction of sp³-hybridized carbons (Fsp3) is 0.533. The standard InChI is InChI=1S/C15H21NO4/c16-12-3-1-4-14(11-12)19-10-7-15(17)20-9-6-13-5-2-8-18-13/h1,3-4,11,13H,2,5-10,16H2. The van der Waals surface area contributed by atoms with E-state index in [1.807, 2.05) is 6.07 Å². The Balaban J connectivity index is 1.55. The van der Waals surface area contributed by atoms with Crippen LogP contribution >= 0.6 is 0 Å². The molecule has 1 aromatic carbocycles. The maximum absolute atomic E-state index is 11.5. The summed E-state index contributed by atoms with van der Waals surface area (Å²) in [5.41, 5.74) is 6.27. The fourth-order valence-corrected chi connectivity index (χ4v) is 2.10. The average molecular weight is 279 g/mol. The van der Waals surface area contributed by atoms with Crippen molar-refractivity contribution in [1.29, 1.82) is 0 Å². The molecule has 1 atom stereocenters. The Labute approximate surface area is 119 Å². The van der Waals surface area contributed by atoms with Crippen LogP contribution < -0.4 is 10.5 Å². The van der Waals surface area contributed by atoms with Gasteiger partial charge in [-0.15, -0.1) is 0 Å². The molecule has 1 aromatic rings. The van der Waals surface area contributed by atoms with E-state index in [9.17, 15) is 4.79 Å². The van der Waals surface area contributed by atoms with Gasteiger partial charge in [-0.3, -0.25) is 4.79 Å². The molecule has 0 aromatic heterocycles. The third-order valence-corrected chi connectivity index (χ3v) is 3.16. The Kier molecular flexibility index (Phi) is 5.68. The van der Waals surface area contributed by atoms with Gasteiger partial charge >= 0.3 is 5.97 Å². The maximum Gasteiger partial charge on any atom is 0.309 e. The van der Waals surface area contributed by atoms with E-state index in [0.717, 1.165) is 25.9 Å². The van der Waals surface area contributed by atoms with Crippen molar-refractivity contribution >= 4 is 11.7 Å². The topological polar surface area (TPSA) is 70.8 Å². The molecular weight excluding hydrogens is 258 g/mol. The molecule has 1 aliphatic heterocycles. The van der Waals surface area contributed by atoms with Crippen molar-refractivity contribution < 1.29 is 19.0 Å². The Morgan fingerprint density at radius 2 is 2.30 bits per heavy atom. The molecule has 1 saturated heterocycles. The van der Waals surface area contributed by atoms with Gasteiger partial charge in [0.2, 0.25) is 0 Å². The number of benzene rings is 1. The third kappa shape index (κ3) is 5.09. The van der Waals surface area contributed by atoms with Crippen LogP contribution in [0.4, 0.5) is 5.69 Å². The minimum Gasteiger partial charge on any atom is -0.493 e. The van der Waals surface area contributed by atoms with Crippen molar-refractivity contribution in [3.8, 4) is 5.75 Å². The Bertz CT molecular complexity index is 430. The van der Waals surface area contributed by atoms with Gasteiger partial charge in [0.25, 0.3) is 0 Å². The van der Waals surface area contributed by atoms with Gasteiger partial charge in [0.1, 0.15) is 5.75 Å². The molecule has 5 nitrogen and oxygen atoms in total. The van der Waals surface area contributed by atoms with Crippen LogP contribution in [0, 0.1) is 0 Å². The molecule has 2 N–H and O–H groups in total. The highest BCUT2D eigenvalue weighted by atomic mass is 16.5. The first-order valence-electron chi connectivity index (χ1n) is 6.99. The van der Waals surface area contributed by atoms with Crippen LogP contribution in [0.25, 0.3) is 0 Å². The third-order valence-electron chi connectivity index (χ3n) is 3.16. The van der Waals surface area contributed by atoms with E-state index in [-0.39, 0.29) is 18.5 Å². The summed E-state index contributed by atoms with van der Waals surface area (Å²) in [5, 5.41) is 0. The van der Waals surface area contributed by atoms with E-state index < -0.39 is 0 Å². The first-order chi connectivity index (χ1) is 9.74. The molecule has 0 bridgehead atoms. The molecule has 0 saturated carbocycles. The zero-order valence-electron chi connectivity index (χ0n) is 11.5. The summed E-state index contributed by atoms with van der Waals surface area (Å²) in [6.45, 7) is 1.54. The fourth-order valence-electron chi connectivity index (χ4n) is 2.10. The van der Waals surface area contributed by atoms with Crippen LogP contribution in [0.3, 0.4) is 0 Å². The van der Waals surface area contributed by atoms with E-state index in [2.05, 4.69) is 0 Å². The van der Waals surface area contributed by atoms with Crippen LogP contribution in [-0.2, 0) is 14.3 Å². The zero-order valence-corrected chi connectivity index (χ0v) is 11.5. The first kappa shape index (κ1) is 14.7. The number of esters is 1. The number of carbonyl (C=O) groups is 1. The lowest BCUT2D eigenvalue weighted by molar-refractivity contribution is -0.144. The Morgan fingerprint density at radius 3 is 3.05 bits per heavy atom. The summed E-state index contributed by atoms with van der Waals surface area (Å²) in [4.78, 5) is 11.5. The average Bonchev–Trinajstić information content (AvgIpc) is 2.92. The van der Waals surface area contributed by atoms with Gasteiger partial charge in [-0.05, 0) is 25.0 Å². The summed E-state index contributed by atoms with van der Waals surface area (Å²) in [6.07, 6.45) is 3.44. The number of nitrogen functional groups attached to an aromatic ring is 1. The second-order valence-corrected chi connectivity index (χ2v) is 4.82. The summed E-state index contributed by atoms with van der Waals surface area (Å²) in [7, 11) is 0. The van der Waals surface area contributed by atoms with Gasteiger partial charge in [0, 0.05) is 24.8 Å². The molecule has 110 valence electrons. The van der Waals surface area contributed by atoms with Gasteiger partial charge in [-0.1, -0.05) is 6.07 Å². The molecule has 1 heterocycles. The molecule has 0 amide bonds. The van der Waals surface area contributed by atoms with Crippen molar-refractivity contribution in [3.05, 3.63) is 24.3 Å². The number of anilines is 1. The lowest BCUT2D eigenvalue weighted by Gasteiger charge is -2.10. The number of hydrogen-bond donors (Lipinski definition) is 1. The Morgan fingerprint density at radius 1 is 1.40 bits per heavy atom. The minimum absolute atomic E-state index is 0.236. The highest BCUT2D eigenvalue weighted by Crippen LogP contribution is 2.16. The highest BCUT2D eigenvalue weighted by molar-refractivity contribution is 5.69. The second-order valence-electron chi connectivity index (χ2n) is 4.82. The lowest BCUT2D eigenvalue weighted by atomic mass is 10.2. The maximum atomic E-state index is 11.5. The number of rotatable bonds is 7. The molecule has 0 radical (unpaired) electrons. The first-order valence-corrected chi connectivity index (χ1v) is 6.99. The number of ether oxygens (including phenoxy) is 3. The van der Waals surface area contributed by atoms with Gasteiger partial charge in [-0.25, -0.2) is 0 Å². The normalized spacial score (nSPS) is 17.9. The largest absolute Gasteiger partial charge is 0.493 e. The predicted molar refractivity (Wildman–Crippen MR) is 75.5 cm³/mol. The van der Waals surface area contributed by atoms with Gasteiger partial charge in [-0.2, -0.15) is 0 Å². The zero-order chi connectivity index (χ0) is 14.2. The minimum atomic E-state index is -0.244. The molecule has 1 unspecified atom stereocenters. The molecule has 5 heteroatoms. The van der Waals surface area contributed by atoms with Crippen molar-refractivity contribution in [2.75, 3.05) is 25.6 Å². The molecular formula is C15H21NO4. The smallest absolute Gasteiger partial charge is 0.309 e. The number of nitrogens with two attached hydrogens (primary N) is 1. The monoisotopic (exact) mass is 279 g/mol. The van der Waals surface area contributed by atoms with Crippen LogP contribution in [0.15, 0.2) is 24.3 Å². The second kappa shape index (κ2) is 7.75. The Hall–Kier alpha value is -1.75. The quantitative estimate of drug-likeness (QED) is 0.611. The number of carbonyl (C=O) groups excluding carboxylic acids is 1. The number of hydrogen-bond acceptors (Lipinski definition) is 5. The van der Waals surface area contributed by atoms with Crippen LogP contribution in [0.1, 0.15) is 25.7 Å². The van der Waals surface area contributed by atoms with Gasteiger partial charge < -0.3 is 19.9 Å². The molecule has 1 fully saturated rings. The van der Waals surface area contributed by atoms with Crippen LogP contribution in [-0.4, -0.2) is 31.9 Å². The van der Waals surface area contributed by atoms with Crippen LogP contribution in [0.2, 0.25) is 0 Å². The molecule has 0 spiro atoms. The summed E-state index contributed by atoms with van der Waals surface area (Å²) in [6, 6.07) is 7.12. The van der Waals surface area contributed by atoms with Crippen molar-refractivity contribution in [2.45, 2.75) is 31.8 Å². The van der Waals surface area contributed by atoms with Crippen molar-refractivity contribution in [3.63, 3.8) is 0 Å². The van der Waals surface area contributed by atoms with Gasteiger partial charge in [0.15, 0.2) is 0 Å². The van der Waals surface area contributed by atoms with E-state index in [4.69, 9.17) is 19.9 Å². The van der Waals surface area contributed by atoms with Crippen LogP contribution in [0.5, 0.6) is 5.75 Å². The highest BCUT2D eigenvalue weighted by Gasteiger charge is 2.15. The predicted octanol–water partition coefficient (Wildman–Crippen LogP) is 2.15. The SMILES string of the molecule is Nc1cccc(OCCC(=O)OCCC2CCCO2)c1. The van der Waals surface area contributed by atoms with Crippen molar-refractivity contribution in [2.24, 2.45) is 0 Å². The molecule has 0 aliphatic carbocycles. The molecule has 2 rings (SSSR count). The van der Waals surface area contributed by atoms with Crippen molar-refractivity contribution in [1.82, 2.24) is 0 Å². The molecule has 1 aliphatic rings. The summed E-state index contributed by atoms with van der Waals surface area (Å²) in [5.74, 6) is 0.420. The summed E-state index contributed by atoms with van der Waals surface area (Å²) >= 11 is 0. The van der Waals surface area contributed by atoms with E-state index in [1.54, 1.807) is 18.2 Å². The summed E-state index contributed by atoms with van der Waals surface area (Å²) < 4.78 is 16.0. The van der Waals surface area contributed by atoms with E-state index >= 15 is 0 Å². The lowest BCUT2D eigenvalue weighted by Crippen LogP contribution is -2.14. The van der Waals surface area contributed by atoms with E-state index in [0.29, 0.717) is 24.7 Å².